The maximum absolute atomic E-state index is 5.02. The zero-order valence-corrected chi connectivity index (χ0v) is 14.3. The average molecular weight is 313 g/mol. The molecule has 4 rings (SSSR count). The molecule has 4 heterocycles. The van der Waals surface area contributed by atoms with Gasteiger partial charge in [-0.1, -0.05) is 6.92 Å². The molecule has 0 aliphatic carbocycles. The van der Waals surface area contributed by atoms with Gasteiger partial charge >= 0.3 is 0 Å². The molecule has 0 radical (unpaired) electrons. The number of likely N-dealkylation sites (tertiary alicyclic amines) is 2. The van der Waals surface area contributed by atoms with Gasteiger partial charge in [0.25, 0.3) is 0 Å². The van der Waals surface area contributed by atoms with Gasteiger partial charge in [0, 0.05) is 12.1 Å². The van der Waals surface area contributed by atoms with Crippen LogP contribution in [0.15, 0.2) is 18.3 Å². The fraction of sp³-hybridized carbons (Fsp3) is 0.667. The first kappa shape index (κ1) is 15.1. The third-order valence-electron chi connectivity index (χ3n) is 5.66. The molecular weight excluding hydrogens is 286 g/mol. The second-order valence-electron chi connectivity index (χ2n) is 7.00. The molecule has 5 heteroatoms. The first-order chi connectivity index (χ1) is 11.3. The van der Waals surface area contributed by atoms with Crippen LogP contribution < -0.4 is 0 Å². The Morgan fingerprint density at radius 1 is 1.17 bits per heavy atom. The van der Waals surface area contributed by atoms with E-state index in [2.05, 4.69) is 39.4 Å². The molecule has 1 atom stereocenters. The lowest BCUT2D eigenvalue weighted by atomic mass is 9.96. The van der Waals surface area contributed by atoms with Crippen LogP contribution in [0, 0.1) is 0 Å². The number of piperidine rings is 1. The number of rotatable bonds is 3. The zero-order valence-electron chi connectivity index (χ0n) is 14.3. The summed E-state index contributed by atoms with van der Waals surface area (Å²) in [6.45, 7) is 6.98. The largest absolute Gasteiger partial charge is 0.304 e. The van der Waals surface area contributed by atoms with Crippen LogP contribution in [-0.2, 0) is 0 Å². The molecule has 2 aliphatic heterocycles. The van der Waals surface area contributed by atoms with Crippen LogP contribution in [0.4, 0.5) is 0 Å². The maximum Gasteiger partial charge on any atom is 0.161 e. The zero-order chi connectivity index (χ0) is 15.8. The Morgan fingerprint density at radius 3 is 2.70 bits per heavy atom. The molecule has 2 aromatic heterocycles. The monoisotopic (exact) mass is 313 g/mol. The van der Waals surface area contributed by atoms with Crippen LogP contribution in [0.3, 0.4) is 0 Å². The van der Waals surface area contributed by atoms with Gasteiger partial charge in [-0.3, -0.25) is 9.47 Å². The molecule has 0 saturated carbocycles. The standard InChI is InChI=1S/C18H27N5/c1-3-22-12-8-14(9-13-22)17-20-15-6-4-10-19-18(15)23(17)16-7-5-11-21(16)2/h4,6,10,14,16H,3,5,7-9,11-13H2,1-2H3. The average Bonchev–Trinajstić information content (AvgIpc) is 3.18. The minimum Gasteiger partial charge on any atom is -0.304 e. The van der Waals surface area contributed by atoms with Gasteiger partial charge in [-0.25, -0.2) is 9.97 Å². The quantitative estimate of drug-likeness (QED) is 0.873. The predicted molar refractivity (Wildman–Crippen MR) is 92.5 cm³/mol. The van der Waals surface area contributed by atoms with Crippen molar-refractivity contribution >= 4 is 11.2 Å². The van der Waals surface area contributed by atoms with Crippen molar-refractivity contribution in [2.24, 2.45) is 0 Å². The van der Waals surface area contributed by atoms with Crippen molar-refractivity contribution in [1.82, 2.24) is 24.3 Å². The van der Waals surface area contributed by atoms with Gasteiger partial charge < -0.3 is 4.90 Å². The second kappa shape index (κ2) is 6.21. The predicted octanol–water partition coefficient (Wildman–Crippen LogP) is 2.85. The summed E-state index contributed by atoms with van der Waals surface area (Å²) >= 11 is 0. The Hall–Kier alpha value is -1.46. The van der Waals surface area contributed by atoms with Crippen LogP contribution >= 0.6 is 0 Å². The maximum atomic E-state index is 5.02. The SMILES string of the molecule is CCN1CCC(c2nc3cccnc3n2C2CCCN2C)CC1. The molecule has 2 saturated heterocycles. The first-order valence-electron chi connectivity index (χ1n) is 9.03. The second-order valence-corrected chi connectivity index (χ2v) is 7.00. The number of hydrogen-bond donors (Lipinski definition) is 0. The van der Waals surface area contributed by atoms with Gasteiger partial charge in [-0.15, -0.1) is 0 Å². The van der Waals surface area contributed by atoms with Crippen molar-refractivity contribution < 1.29 is 0 Å². The molecule has 0 aromatic carbocycles. The van der Waals surface area contributed by atoms with Gasteiger partial charge in [0.15, 0.2) is 5.65 Å². The van der Waals surface area contributed by atoms with Crippen molar-refractivity contribution in [1.29, 1.82) is 0 Å². The number of pyridine rings is 1. The molecule has 2 aromatic rings. The molecule has 5 nitrogen and oxygen atoms in total. The van der Waals surface area contributed by atoms with Crippen LogP contribution in [-0.4, -0.2) is 57.6 Å². The van der Waals surface area contributed by atoms with E-state index in [4.69, 9.17) is 4.98 Å². The van der Waals surface area contributed by atoms with Gasteiger partial charge in [0.05, 0.1) is 6.17 Å². The molecular formula is C18H27N5. The Morgan fingerprint density at radius 2 is 2.00 bits per heavy atom. The van der Waals surface area contributed by atoms with Crippen molar-refractivity contribution in [3.63, 3.8) is 0 Å². The van der Waals surface area contributed by atoms with Crippen molar-refractivity contribution in [2.45, 2.75) is 44.7 Å². The summed E-state index contributed by atoms with van der Waals surface area (Å²) in [5, 5.41) is 0. The third kappa shape index (κ3) is 2.66. The minimum atomic E-state index is 0.425. The molecule has 2 fully saturated rings. The molecule has 0 spiro atoms. The van der Waals surface area contributed by atoms with E-state index in [0.29, 0.717) is 12.1 Å². The van der Waals surface area contributed by atoms with E-state index < -0.39 is 0 Å². The van der Waals surface area contributed by atoms with Crippen LogP contribution in [0.25, 0.3) is 11.2 Å². The summed E-state index contributed by atoms with van der Waals surface area (Å²) in [4.78, 5) is 14.7. The number of hydrogen-bond acceptors (Lipinski definition) is 4. The summed E-state index contributed by atoms with van der Waals surface area (Å²) in [5.74, 6) is 1.84. The Kier molecular flexibility index (Phi) is 4.07. The molecule has 124 valence electrons. The highest BCUT2D eigenvalue weighted by atomic mass is 15.3. The lowest BCUT2D eigenvalue weighted by Gasteiger charge is -2.32. The molecule has 0 N–H and O–H groups in total. The molecule has 2 aliphatic rings. The molecule has 0 bridgehead atoms. The Bertz CT molecular complexity index is 671. The number of imidazole rings is 1. The smallest absolute Gasteiger partial charge is 0.161 e. The molecule has 0 amide bonds. The van der Waals surface area contributed by atoms with E-state index >= 15 is 0 Å². The van der Waals surface area contributed by atoms with Crippen molar-refractivity contribution in [2.75, 3.05) is 33.2 Å². The summed E-state index contributed by atoms with van der Waals surface area (Å²) in [7, 11) is 2.23. The lowest BCUT2D eigenvalue weighted by molar-refractivity contribution is 0.202. The van der Waals surface area contributed by atoms with E-state index in [1.165, 1.54) is 51.1 Å². The highest BCUT2D eigenvalue weighted by molar-refractivity contribution is 5.71. The first-order valence-corrected chi connectivity index (χ1v) is 9.03. The van der Waals surface area contributed by atoms with Gasteiger partial charge in [0.1, 0.15) is 11.3 Å². The Balaban J connectivity index is 1.74. The summed E-state index contributed by atoms with van der Waals surface area (Å²) < 4.78 is 2.45. The van der Waals surface area contributed by atoms with Crippen LogP contribution in [0.1, 0.15) is 50.5 Å². The van der Waals surface area contributed by atoms with E-state index in [0.717, 1.165) is 17.7 Å². The Labute approximate surface area is 138 Å². The number of fused-ring (bicyclic) bond motifs is 1. The van der Waals surface area contributed by atoms with Crippen molar-refractivity contribution in [3.8, 4) is 0 Å². The van der Waals surface area contributed by atoms with Crippen molar-refractivity contribution in [3.05, 3.63) is 24.2 Å². The lowest BCUT2D eigenvalue weighted by Crippen LogP contribution is -2.34. The highest BCUT2D eigenvalue weighted by Crippen LogP contribution is 2.35. The summed E-state index contributed by atoms with van der Waals surface area (Å²) in [5.41, 5.74) is 2.12. The van der Waals surface area contributed by atoms with Crippen LogP contribution in [0.5, 0.6) is 0 Å². The summed E-state index contributed by atoms with van der Waals surface area (Å²) in [6, 6.07) is 4.11. The van der Waals surface area contributed by atoms with E-state index in [9.17, 15) is 0 Å². The van der Waals surface area contributed by atoms with E-state index in [1.54, 1.807) is 0 Å². The number of nitrogens with zero attached hydrogens (tertiary/aromatic N) is 5. The van der Waals surface area contributed by atoms with E-state index in [1.807, 2.05) is 12.3 Å². The van der Waals surface area contributed by atoms with Gasteiger partial charge in [-0.2, -0.15) is 0 Å². The van der Waals surface area contributed by atoms with Gasteiger partial charge in [0.2, 0.25) is 0 Å². The van der Waals surface area contributed by atoms with Crippen LogP contribution in [0.2, 0.25) is 0 Å². The fourth-order valence-electron chi connectivity index (χ4n) is 4.26. The normalized spacial score (nSPS) is 24.7. The number of aromatic nitrogens is 3. The summed E-state index contributed by atoms with van der Waals surface area (Å²) in [6.07, 6.45) is 7.23. The fourth-order valence-corrected chi connectivity index (χ4v) is 4.26. The minimum absolute atomic E-state index is 0.425. The topological polar surface area (TPSA) is 37.2 Å². The highest BCUT2D eigenvalue weighted by Gasteiger charge is 2.31. The van der Waals surface area contributed by atoms with E-state index in [-0.39, 0.29) is 0 Å². The molecule has 23 heavy (non-hydrogen) atoms. The molecule has 1 unspecified atom stereocenters. The van der Waals surface area contributed by atoms with Gasteiger partial charge in [-0.05, 0) is 71.0 Å². The third-order valence-corrected chi connectivity index (χ3v) is 5.66.